The van der Waals surface area contributed by atoms with Crippen molar-refractivity contribution < 1.29 is 9.13 Å². The Balaban J connectivity index is 1.75. The first-order chi connectivity index (χ1) is 16.0. The number of nitrogen functional groups attached to an aromatic ring is 1. The van der Waals surface area contributed by atoms with Crippen molar-refractivity contribution in [1.82, 2.24) is 29.8 Å². The Hall–Kier alpha value is -3.46. The number of rotatable bonds is 10. The van der Waals surface area contributed by atoms with E-state index >= 15 is 0 Å². The lowest BCUT2D eigenvalue weighted by molar-refractivity contribution is 0.340. The number of hydrogen-bond acceptors (Lipinski definition) is 6. The van der Waals surface area contributed by atoms with Gasteiger partial charge in [-0.1, -0.05) is 19.9 Å². The van der Waals surface area contributed by atoms with Gasteiger partial charge in [-0.25, -0.2) is 4.98 Å². The first-order valence-corrected chi connectivity index (χ1v) is 11.2. The summed E-state index contributed by atoms with van der Waals surface area (Å²) in [7, 11) is 0. The number of imidazole rings is 1. The van der Waals surface area contributed by atoms with Gasteiger partial charge >= 0.3 is 6.08 Å². The van der Waals surface area contributed by atoms with Gasteiger partial charge in [-0.05, 0) is 54.3 Å². The predicted octanol–water partition coefficient (Wildman–Crippen LogP) is 3.78. The summed E-state index contributed by atoms with van der Waals surface area (Å²) in [5.74, 6) is 2.11. The van der Waals surface area contributed by atoms with Crippen LogP contribution in [0.3, 0.4) is 0 Å². The van der Waals surface area contributed by atoms with Crippen LogP contribution in [0.1, 0.15) is 32.2 Å². The lowest BCUT2D eigenvalue weighted by Crippen LogP contribution is -2.25. The normalized spacial score (nSPS) is 11.5. The first kappa shape index (κ1) is 22.7. The summed E-state index contributed by atoms with van der Waals surface area (Å²) in [5, 5.41) is 3.43. The Labute approximate surface area is 192 Å². The van der Waals surface area contributed by atoms with Crippen LogP contribution in [0.15, 0.2) is 36.7 Å². The fraction of sp³-hybridized carbons (Fsp3) is 0.375. The predicted molar refractivity (Wildman–Crippen MR) is 128 cm³/mol. The van der Waals surface area contributed by atoms with E-state index < -0.39 is 6.08 Å². The lowest BCUT2D eigenvalue weighted by atomic mass is 9.99. The van der Waals surface area contributed by atoms with Crippen molar-refractivity contribution in [2.45, 2.75) is 33.7 Å². The van der Waals surface area contributed by atoms with Crippen LogP contribution in [-0.4, -0.2) is 44.2 Å². The highest BCUT2D eigenvalue weighted by Gasteiger charge is 2.19. The summed E-state index contributed by atoms with van der Waals surface area (Å²) >= 11 is 0. The molecule has 0 aliphatic heterocycles. The van der Waals surface area contributed by atoms with Gasteiger partial charge in [0.25, 0.3) is 0 Å². The minimum atomic E-state index is -0.853. The van der Waals surface area contributed by atoms with Gasteiger partial charge in [0.05, 0.1) is 6.61 Å². The SMILES string of the molecule is CCOc1ccc(-c2cc[nH]c2)c(Cc2nc3c(N)nc(F)nc3n2CCNCC(C)C)c1. The Morgan fingerprint density at radius 3 is 2.79 bits per heavy atom. The second kappa shape index (κ2) is 9.99. The number of anilines is 1. The number of fused-ring (bicyclic) bond motifs is 1. The molecule has 0 bridgehead atoms. The Bertz CT molecular complexity index is 1220. The summed E-state index contributed by atoms with van der Waals surface area (Å²) in [5.41, 5.74) is 10.00. The molecular weight excluding hydrogens is 421 g/mol. The highest BCUT2D eigenvalue weighted by Crippen LogP contribution is 2.30. The standard InChI is InChI=1S/C24H30FN7O/c1-4-33-18-5-6-19(16-7-8-27-14-16)17(11-18)12-20-29-21-22(26)30-24(25)31-23(21)32(20)10-9-28-13-15(2)3/h5-8,11,14-15,27-28H,4,9-10,12-13H2,1-3H3,(H2,26,30,31). The minimum Gasteiger partial charge on any atom is -0.494 e. The van der Waals surface area contributed by atoms with Crippen molar-refractivity contribution in [1.29, 1.82) is 0 Å². The first-order valence-electron chi connectivity index (χ1n) is 11.2. The summed E-state index contributed by atoms with van der Waals surface area (Å²) in [6.45, 7) is 9.02. The molecule has 8 nitrogen and oxygen atoms in total. The molecule has 0 spiro atoms. The number of aromatic nitrogens is 5. The highest BCUT2D eigenvalue weighted by molar-refractivity contribution is 5.82. The molecule has 0 saturated carbocycles. The fourth-order valence-electron chi connectivity index (χ4n) is 3.91. The van der Waals surface area contributed by atoms with Gasteiger partial charge in [0.1, 0.15) is 11.6 Å². The van der Waals surface area contributed by atoms with Gasteiger partial charge in [0.15, 0.2) is 17.0 Å². The molecule has 0 aliphatic rings. The van der Waals surface area contributed by atoms with Gasteiger partial charge < -0.3 is 25.3 Å². The topological polar surface area (TPSA) is 107 Å². The molecule has 0 saturated heterocycles. The molecule has 4 aromatic rings. The molecule has 0 radical (unpaired) electrons. The van der Waals surface area contributed by atoms with Crippen molar-refractivity contribution in [3.05, 3.63) is 54.1 Å². The van der Waals surface area contributed by atoms with Gasteiger partial charge in [0, 0.05) is 31.9 Å². The number of hydrogen-bond donors (Lipinski definition) is 3. The Morgan fingerprint density at radius 2 is 2.06 bits per heavy atom. The van der Waals surface area contributed by atoms with Gasteiger partial charge in [-0.3, -0.25) is 0 Å². The van der Waals surface area contributed by atoms with Crippen LogP contribution in [0.5, 0.6) is 5.75 Å². The van der Waals surface area contributed by atoms with Gasteiger partial charge in [-0.15, -0.1) is 0 Å². The van der Waals surface area contributed by atoms with E-state index in [0.717, 1.165) is 34.8 Å². The van der Waals surface area contributed by atoms with Crippen molar-refractivity contribution in [3.63, 3.8) is 0 Å². The van der Waals surface area contributed by atoms with Crippen molar-refractivity contribution in [3.8, 4) is 16.9 Å². The van der Waals surface area contributed by atoms with E-state index in [1.807, 2.05) is 42.1 Å². The smallest absolute Gasteiger partial charge is 0.312 e. The summed E-state index contributed by atoms with van der Waals surface area (Å²) in [4.78, 5) is 15.5. The number of H-pyrrole nitrogens is 1. The molecule has 0 fully saturated rings. The average Bonchev–Trinajstić information content (AvgIpc) is 3.41. The third-order valence-electron chi connectivity index (χ3n) is 5.38. The van der Waals surface area contributed by atoms with Crippen molar-refractivity contribution in [2.75, 3.05) is 25.4 Å². The maximum Gasteiger partial charge on any atom is 0.312 e. The number of aromatic amines is 1. The largest absolute Gasteiger partial charge is 0.494 e. The Morgan fingerprint density at radius 1 is 1.21 bits per heavy atom. The second-order valence-electron chi connectivity index (χ2n) is 8.36. The molecule has 3 heterocycles. The van der Waals surface area contributed by atoms with E-state index in [1.165, 1.54) is 0 Å². The van der Waals surface area contributed by atoms with E-state index in [9.17, 15) is 4.39 Å². The van der Waals surface area contributed by atoms with Crippen molar-refractivity contribution >= 4 is 17.0 Å². The fourth-order valence-corrected chi connectivity index (χ4v) is 3.91. The zero-order valence-electron chi connectivity index (χ0n) is 19.2. The van der Waals surface area contributed by atoms with Crippen LogP contribution in [0.25, 0.3) is 22.3 Å². The molecule has 33 heavy (non-hydrogen) atoms. The molecule has 0 amide bonds. The van der Waals surface area contributed by atoms with Gasteiger partial charge in [-0.2, -0.15) is 14.4 Å². The number of nitrogens with one attached hydrogen (secondary N) is 2. The monoisotopic (exact) mass is 451 g/mol. The van der Waals surface area contributed by atoms with Crippen LogP contribution >= 0.6 is 0 Å². The number of ether oxygens (including phenoxy) is 1. The molecule has 3 aromatic heterocycles. The van der Waals surface area contributed by atoms with Crippen LogP contribution in [0.2, 0.25) is 0 Å². The number of benzene rings is 1. The third-order valence-corrected chi connectivity index (χ3v) is 5.38. The highest BCUT2D eigenvalue weighted by atomic mass is 19.1. The zero-order chi connectivity index (χ0) is 23.4. The van der Waals surface area contributed by atoms with Crippen LogP contribution in [-0.2, 0) is 13.0 Å². The summed E-state index contributed by atoms with van der Waals surface area (Å²) in [6.07, 6.45) is 3.50. The number of nitrogens with zero attached hydrogens (tertiary/aromatic N) is 4. The minimum absolute atomic E-state index is 0.0431. The van der Waals surface area contributed by atoms with Crippen molar-refractivity contribution in [2.24, 2.45) is 5.92 Å². The van der Waals surface area contributed by atoms with Gasteiger partial charge in [0.2, 0.25) is 0 Å². The maximum absolute atomic E-state index is 14.0. The Kier molecular flexibility index (Phi) is 6.88. The van der Waals surface area contributed by atoms with Crippen LogP contribution < -0.4 is 15.8 Å². The van der Waals surface area contributed by atoms with Crippen LogP contribution in [0, 0.1) is 12.0 Å². The maximum atomic E-state index is 14.0. The molecule has 174 valence electrons. The second-order valence-corrected chi connectivity index (χ2v) is 8.36. The number of nitrogens with two attached hydrogens (primary N) is 1. The molecule has 1 aromatic carbocycles. The van der Waals surface area contributed by atoms with E-state index in [1.54, 1.807) is 0 Å². The summed E-state index contributed by atoms with van der Waals surface area (Å²) < 4.78 is 21.7. The molecule has 0 aliphatic carbocycles. The lowest BCUT2D eigenvalue weighted by Gasteiger charge is -2.14. The number of halogens is 1. The molecule has 0 unspecified atom stereocenters. The van der Waals surface area contributed by atoms with E-state index in [2.05, 4.69) is 40.2 Å². The molecule has 9 heteroatoms. The van der Waals surface area contributed by atoms with Crippen LogP contribution in [0.4, 0.5) is 10.2 Å². The molecule has 4 N–H and O–H groups in total. The van der Waals surface area contributed by atoms with E-state index in [4.69, 9.17) is 15.5 Å². The zero-order valence-corrected chi connectivity index (χ0v) is 19.2. The molecular formula is C24H30FN7O. The van der Waals surface area contributed by atoms with E-state index in [-0.39, 0.29) is 5.82 Å². The molecule has 0 atom stereocenters. The molecule has 4 rings (SSSR count). The average molecular weight is 452 g/mol. The van der Waals surface area contributed by atoms with E-state index in [0.29, 0.717) is 43.2 Å². The summed E-state index contributed by atoms with van der Waals surface area (Å²) in [6, 6.07) is 8.07. The quantitative estimate of drug-likeness (QED) is 0.250. The third kappa shape index (κ3) is 5.14.